The Morgan fingerprint density at radius 1 is 0.824 bits per heavy atom. The summed E-state index contributed by atoms with van der Waals surface area (Å²) in [6.45, 7) is 2.06. The van der Waals surface area contributed by atoms with Crippen molar-refractivity contribution in [3.63, 3.8) is 0 Å². The van der Waals surface area contributed by atoms with Crippen molar-refractivity contribution in [3.8, 4) is 0 Å². The lowest BCUT2D eigenvalue weighted by atomic mass is 10.1. The molecule has 1 heteroatoms. The SMILES string of the molecule is Cc1ccc(/C=C/c2ccccc2C=O)cc1. The van der Waals surface area contributed by atoms with Crippen LogP contribution < -0.4 is 0 Å². The molecule has 0 aromatic heterocycles. The average molecular weight is 222 g/mol. The highest BCUT2D eigenvalue weighted by Crippen LogP contribution is 2.12. The molecule has 0 unspecified atom stereocenters. The van der Waals surface area contributed by atoms with Crippen LogP contribution in [0.25, 0.3) is 12.2 Å². The van der Waals surface area contributed by atoms with Crippen molar-refractivity contribution in [2.24, 2.45) is 0 Å². The van der Waals surface area contributed by atoms with Gasteiger partial charge in [-0.2, -0.15) is 0 Å². The van der Waals surface area contributed by atoms with Crippen LogP contribution in [0.3, 0.4) is 0 Å². The van der Waals surface area contributed by atoms with Crippen LogP contribution in [0.1, 0.15) is 27.0 Å². The Hall–Kier alpha value is -2.15. The summed E-state index contributed by atoms with van der Waals surface area (Å²) in [6.07, 6.45) is 4.87. The maximum atomic E-state index is 10.8. The Balaban J connectivity index is 2.25. The predicted octanol–water partition coefficient (Wildman–Crippen LogP) is 3.98. The van der Waals surface area contributed by atoms with Crippen LogP contribution in [0.4, 0.5) is 0 Å². The Morgan fingerprint density at radius 3 is 2.12 bits per heavy atom. The molecule has 0 spiro atoms. The molecule has 0 amide bonds. The zero-order chi connectivity index (χ0) is 12.1. The van der Waals surface area contributed by atoms with E-state index in [-0.39, 0.29) is 0 Å². The van der Waals surface area contributed by atoms with Gasteiger partial charge < -0.3 is 0 Å². The van der Waals surface area contributed by atoms with Crippen LogP contribution in [0.2, 0.25) is 0 Å². The maximum absolute atomic E-state index is 10.8. The van der Waals surface area contributed by atoms with Gasteiger partial charge >= 0.3 is 0 Å². The van der Waals surface area contributed by atoms with Crippen molar-refractivity contribution in [2.45, 2.75) is 6.92 Å². The molecule has 0 fully saturated rings. The summed E-state index contributed by atoms with van der Waals surface area (Å²) in [7, 11) is 0. The summed E-state index contributed by atoms with van der Waals surface area (Å²) in [4.78, 5) is 10.8. The topological polar surface area (TPSA) is 17.1 Å². The number of carbonyl (C=O) groups excluding carboxylic acids is 1. The molecular formula is C16H14O. The highest BCUT2D eigenvalue weighted by Gasteiger charge is 1.95. The van der Waals surface area contributed by atoms with E-state index in [9.17, 15) is 4.79 Å². The number of benzene rings is 2. The fourth-order valence-electron chi connectivity index (χ4n) is 1.63. The second-order valence-electron chi connectivity index (χ2n) is 3.99. The number of aldehydes is 1. The number of hydrogen-bond donors (Lipinski definition) is 0. The van der Waals surface area contributed by atoms with E-state index >= 15 is 0 Å². The third-order valence-electron chi connectivity index (χ3n) is 2.66. The summed E-state index contributed by atoms with van der Waals surface area (Å²) >= 11 is 0. The van der Waals surface area contributed by atoms with E-state index in [1.165, 1.54) is 5.56 Å². The first-order chi connectivity index (χ1) is 8.29. The van der Waals surface area contributed by atoms with E-state index in [0.717, 1.165) is 23.0 Å². The van der Waals surface area contributed by atoms with Gasteiger partial charge in [-0.25, -0.2) is 0 Å². The van der Waals surface area contributed by atoms with E-state index in [4.69, 9.17) is 0 Å². The highest BCUT2D eigenvalue weighted by atomic mass is 16.1. The van der Waals surface area contributed by atoms with Crippen molar-refractivity contribution in [2.75, 3.05) is 0 Å². The Bertz CT molecular complexity index is 536. The standard InChI is InChI=1S/C16H14O/c1-13-6-8-14(9-7-13)10-11-15-4-2-3-5-16(15)12-17/h2-12H,1H3/b11-10+. The van der Waals surface area contributed by atoms with Crippen molar-refractivity contribution >= 4 is 18.4 Å². The molecule has 0 saturated heterocycles. The smallest absolute Gasteiger partial charge is 0.150 e. The molecule has 84 valence electrons. The van der Waals surface area contributed by atoms with Crippen molar-refractivity contribution in [1.29, 1.82) is 0 Å². The van der Waals surface area contributed by atoms with Gasteiger partial charge in [0.2, 0.25) is 0 Å². The summed E-state index contributed by atoms with van der Waals surface area (Å²) in [5.74, 6) is 0. The Labute approximate surface area is 101 Å². The van der Waals surface area contributed by atoms with Gasteiger partial charge in [-0.3, -0.25) is 4.79 Å². The molecule has 0 aliphatic rings. The number of aryl methyl sites for hydroxylation is 1. The molecule has 1 nitrogen and oxygen atoms in total. The van der Waals surface area contributed by atoms with E-state index in [2.05, 4.69) is 31.2 Å². The fourth-order valence-corrected chi connectivity index (χ4v) is 1.63. The van der Waals surface area contributed by atoms with Gasteiger partial charge in [0.05, 0.1) is 0 Å². The predicted molar refractivity (Wildman–Crippen MR) is 71.9 cm³/mol. The molecule has 2 aromatic carbocycles. The molecule has 0 atom stereocenters. The van der Waals surface area contributed by atoms with Gasteiger partial charge in [-0.05, 0) is 18.1 Å². The first-order valence-electron chi connectivity index (χ1n) is 5.58. The number of rotatable bonds is 3. The zero-order valence-electron chi connectivity index (χ0n) is 9.76. The van der Waals surface area contributed by atoms with Gasteiger partial charge in [0.25, 0.3) is 0 Å². The van der Waals surface area contributed by atoms with Crippen LogP contribution >= 0.6 is 0 Å². The summed E-state index contributed by atoms with van der Waals surface area (Å²) in [6, 6.07) is 15.8. The molecule has 2 aromatic rings. The molecular weight excluding hydrogens is 208 g/mol. The minimum absolute atomic E-state index is 0.718. The third kappa shape index (κ3) is 2.91. The normalized spacial score (nSPS) is 10.6. The highest BCUT2D eigenvalue weighted by molar-refractivity contribution is 5.84. The third-order valence-corrected chi connectivity index (χ3v) is 2.66. The first kappa shape index (κ1) is 11.3. The Kier molecular flexibility index (Phi) is 3.51. The molecule has 0 N–H and O–H groups in total. The van der Waals surface area contributed by atoms with E-state index in [1.807, 2.05) is 36.4 Å². The fraction of sp³-hybridized carbons (Fsp3) is 0.0625. The van der Waals surface area contributed by atoms with Crippen molar-refractivity contribution < 1.29 is 4.79 Å². The van der Waals surface area contributed by atoms with Gasteiger partial charge in [0, 0.05) is 5.56 Å². The van der Waals surface area contributed by atoms with Crippen LogP contribution in [0.15, 0.2) is 48.5 Å². The Morgan fingerprint density at radius 2 is 1.47 bits per heavy atom. The molecule has 0 aliphatic carbocycles. The minimum atomic E-state index is 0.718. The van der Waals surface area contributed by atoms with E-state index in [1.54, 1.807) is 0 Å². The molecule has 0 bridgehead atoms. The molecule has 2 rings (SSSR count). The molecule has 0 radical (unpaired) electrons. The lowest BCUT2D eigenvalue weighted by molar-refractivity contribution is 0.112. The summed E-state index contributed by atoms with van der Waals surface area (Å²) < 4.78 is 0. The second-order valence-corrected chi connectivity index (χ2v) is 3.99. The molecule has 0 saturated carbocycles. The van der Waals surface area contributed by atoms with Gasteiger partial charge in [0.1, 0.15) is 0 Å². The molecule has 0 heterocycles. The zero-order valence-corrected chi connectivity index (χ0v) is 9.76. The van der Waals surface area contributed by atoms with Crippen LogP contribution in [-0.4, -0.2) is 6.29 Å². The van der Waals surface area contributed by atoms with Gasteiger partial charge in [-0.15, -0.1) is 0 Å². The lowest BCUT2D eigenvalue weighted by Crippen LogP contribution is -1.84. The quantitative estimate of drug-likeness (QED) is 0.567. The van der Waals surface area contributed by atoms with Crippen molar-refractivity contribution in [3.05, 3.63) is 70.8 Å². The number of hydrogen-bond acceptors (Lipinski definition) is 1. The van der Waals surface area contributed by atoms with Crippen LogP contribution in [0, 0.1) is 6.92 Å². The molecule has 17 heavy (non-hydrogen) atoms. The van der Waals surface area contributed by atoms with E-state index in [0.29, 0.717) is 0 Å². The van der Waals surface area contributed by atoms with Gasteiger partial charge in [0.15, 0.2) is 6.29 Å². The van der Waals surface area contributed by atoms with Crippen LogP contribution in [-0.2, 0) is 0 Å². The minimum Gasteiger partial charge on any atom is -0.298 e. The number of carbonyl (C=O) groups is 1. The summed E-state index contributed by atoms with van der Waals surface area (Å²) in [5.41, 5.74) is 4.05. The average Bonchev–Trinajstić information content (AvgIpc) is 2.38. The second kappa shape index (κ2) is 5.26. The first-order valence-corrected chi connectivity index (χ1v) is 5.58. The molecule has 0 aliphatic heterocycles. The lowest BCUT2D eigenvalue weighted by Gasteiger charge is -1.98. The monoisotopic (exact) mass is 222 g/mol. The maximum Gasteiger partial charge on any atom is 0.150 e. The van der Waals surface area contributed by atoms with Crippen LogP contribution in [0.5, 0.6) is 0 Å². The van der Waals surface area contributed by atoms with Crippen molar-refractivity contribution in [1.82, 2.24) is 0 Å². The van der Waals surface area contributed by atoms with E-state index < -0.39 is 0 Å². The summed E-state index contributed by atoms with van der Waals surface area (Å²) in [5, 5.41) is 0. The van der Waals surface area contributed by atoms with Gasteiger partial charge in [-0.1, -0.05) is 66.2 Å². The largest absolute Gasteiger partial charge is 0.298 e.